The number of hydrogen-bond donors (Lipinski definition) is 2. The van der Waals surface area contributed by atoms with Gasteiger partial charge in [0.1, 0.15) is 11.6 Å². The third-order valence-corrected chi connectivity index (χ3v) is 3.11. The molecule has 3 nitrogen and oxygen atoms in total. The summed E-state index contributed by atoms with van der Waals surface area (Å²) in [6, 6.07) is 14.5. The van der Waals surface area contributed by atoms with Crippen LogP contribution in [0.1, 0.15) is 0 Å². The molecule has 0 spiro atoms. The second kappa shape index (κ2) is 4.78. The van der Waals surface area contributed by atoms with Gasteiger partial charge in [0, 0.05) is 22.3 Å². The summed E-state index contributed by atoms with van der Waals surface area (Å²) in [6.07, 6.45) is 1.84. The normalized spacial score (nSPS) is 10.6. The van der Waals surface area contributed by atoms with E-state index in [1.807, 2.05) is 42.6 Å². The van der Waals surface area contributed by atoms with Crippen LogP contribution in [0.5, 0.6) is 5.75 Å². The molecule has 19 heavy (non-hydrogen) atoms. The lowest BCUT2D eigenvalue weighted by Gasteiger charge is -1.97. The molecule has 1 heterocycles. The molecule has 0 aliphatic heterocycles. The van der Waals surface area contributed by atoms with Crippen molar-refractivity contribution >= 4 is 11.6 Å². The van der Waals surface area contributed by atoms with Gasteiger partial charge in [0.05, 0.1) is 5.69 Å². The Labute approximate surface area is 115 Å². The van der Waals surface area contributed by atoms with E-state index in [2.05, 4.69) is 9.97 Å². The Kier molecular flexibility index (Phi) is 2.97. The first kappa shape index (κ1) is 11.8. The molecule has 2 aromatic carbocycles. The van der Waals surface area contributed by atoms with E-state index < -0.39 is 0 Å². The number of aromatic nitrogens is 2. The first-order valence-corrected chi connectivity index (χ1v) is 6.21. The average Bonchev–Trinajstić information content (AvgIpc) is 2.90. The molecule has 0 saturated heterocycles. The highest BCUT2D eigenvalue weighted by atomic mass is 35.5. The Morgan fingerprint density at radius 2 is 1.53 bits per heavy atom. The molecule has 0 atom stereocenters. The molecule has 0 saturated carbocycles. The van der Waals surface area contributed by atoms with Gasteiger partial charge in [-0.05, 0) is 48.5 Å². The zero-order valence-corrected chi connectivity index (χ0v) is 10.7. The van der Waals surface area contributed by atoms with Crippen molar-refractivity contribution < 1.29 is 5.11 Å². The quantitative estimate of drug-likeness (QED) is 0.736. The Hall–Kier alpha value is -2.26. The lowest BCUT2D eigenvalue weighted by Crippen LogP contribution is -1.80. The summed E-state index contributed by atoms with van der Waals surface area (Å²) in [7, 11) is 0. The van der Waals surface area contributed by atoms with Gasteiger partial charge < -0.3 is 10.1 Å². The Morgan fingerprint density at radius 1 is 0.895 bits per heavy atom. The van der Waals surface area contributed by atoms with Crippen molar-refractivity contribution in [1.82, 2.24) is 9.97 Å². The standard InChI is InChI=1S/C15H11ClN2O/c16-12-5-1-11(2-6-12)15-17-9-14(18-15)10-3-7-13(19)8-4-10/h1-9,19H,(H,17,18). The van der Waals surface area contributed by atoms with Gasteiger partial charge in [-0.3, -0.25) is 0 Å². The lowest BCUT2D eigenvalue weighted by molar-refractivity contribution is 0.475. The number of aromatic amines is 1. The van der Waals surface area contributed by atoms with E-state index in [0.717, 1.165) is 22.6 Å². The van der Waals surface area contributed by atoms with Gasteiger partial charge in [-0.1, -0.05) is 11.6 Å². The van der Waals surface area contributed by atoms with Crippen LogP contribution >= 0.6 is 11.6 Å². The minimum Gasteiger partial charge on any atom is -0.508 e. The number of hydrogen-bond acceptors (Lipinski definition) is 2. The molecule has 0 amide bonds. The molecule has 2 N–H and O–H groups in total. The van der Waals surface area contributed by atoms with E-state index in [-0.39, 0.29) is 5.75 Å². The van der Waals surface area contributed by atoms with Crippen molar-refractivity contribution in [3.63, 3.8) is 0 Å². The van der Waals surface area contributed by atoms with Crippen LogP contribution in [-0.2, 0) is 0 Å². The predicted molar refractivity (Wildman–Crippen MR) is 76.1 cm³/mol. The van der Waals surface area contributed by atoms with E-state index in [1.165, 1.54) is 0 Å². The number of phenols is 1. The number of phenolic OH excluding ortho intramolecular Hbond substituents is 1. The van der Waals surface area contributed by atoms with Crippen molar-refractivity contribution in [2.75, 3.05) is 0 Å². The number of H-pyrrole nitrogens is 1. The summed E-state index contributed by atoms with van der Waals surface area (Å²) >= 11 is 5.86. The molecule has 0 bridgehead atoms. The third kappa shape index (κ3) is 2.46. The molecule has 3 rings (SSSR count). The van der Waals surface area contributed by atoms with Gasteiger partial charge in [-0.25, -0.2) is 4.98 Å². The van der Waals surface area contributed by atoms with Crippen molar-refractivity contribution in [2.24, 2.45) is 0 Å². The minimum atomic E-state index is 0.247. The van der Waals surface area contributed by atoms with E-state index >= 15 is 0 Å². The van der Waals surface area contributed by atoms with Crippen LogP contribution < -0.4 is 0 Å². The molecule has 94 valence electrons. The molecular weight excluding hydrogens is 260 g/mol. The number of imidazole rings is 1. The van der Waals surface area contributed by atoms with E-state index in [0.29, 0.717) is 5.02 Å². The SMILES string of the molecule is Oc1ccc(-c2c[nH]c(-c3ccc(Cl)cc3)n2)cc1. The third-order valence-electron chi connectivity index (χ3n) is 2.86. The maximum absolute atomic E-state index is 9.27. The highest BCUT2D eigenvalue weighted by Gasteiger charge is 2.05. The molecule has 0 aliphatic rings. The first-order valence-electron chi connectivity index (χ1n) is 5.83. The fourth-order valence-corrected chi connectivity index (χ4v) is 1.98. The molecule has 0 fully saturated rings. The highest BCUT2D eigenvalue weighted by molar-refractivity contribution is 6.30. The van der Waals surface area contributed by atoms with Crippen LogP contribution in [0.25, 0.3) is 22.6 Å². The van der Waals surface area contributed by atoms with E-state index in [1.54, 1.807) is 12.1 Å². The number of aromatic hydroxyl groups is 1. The molecule has 0 radical (unpaired) electrons. The number of benzene rings is 2. The van der Waals surface area contributed by atoms with Crippen LogP contribution in [0.3, 0.4) is 0 Å². The predicted octanol–water partition coefficient (Wildman–Crippen LogP) is 4.10. The maximum Gasteiger partial charge on any atom is 0.138 e. The summed E-state index contributed by atoms with van der Waals surface area (Å²) in [5, 5.41) is 9.97. The van der Waals surface area contributed by atoms with E-state index in [9.17, 15) is 5.11 Å². The van der Waals surface area contributed by atoms with Crippen molar-refractivity contribution in [3.8, 4) is 28.4 Å². The van der Waals surface area contributed by atoms with Gasteiger partial charge in [0.25, 0.3) is 0 Å². The average molecular weight is 271 g/mol. The Balaban J connectivity index is 1.95. The van der Waals surface area contributed by atoms with Crippen LogP contribution in [0.4, 0.5) is 0 Å². The summed E-state index contributed by atoms with van der Waals surface area (Å²) in [5.74, 6) is 1.04. The number of halogens is 1. The van der Waals surface area contributed by atoms with Gasteiger partial charge in [0.2, 0.25) is 0 Å². The zero-order valence-electron chi connectivity index (χ0n) is 9.97. The minimum absolute atomic E-state index is 0.247. The molecule has 0 aliphatic carbocycles. The van der Waals surface area contributed by atoms with Gasteiger partial charge in [-0.2, -0.15) is 0 Å². The second-order valence-corrected chi connectivity index (χ2v) is 4.62. The monoisotopic (exact) mass is 270 g/mol. The first-order chi connectivity index (χ1) is 9.22. The smallest absolute Gasteiger partial charge is 0.138 e. The van der Waals surface area contributed by atoms with Gasteiger partial charge in [0.15, 0.2) is 0 Å². The van der Waals surface area contributed by atoms with Crippen LogP contribution in [0.15, 0.2) is 54.7 Å². The molecule has 3 aromatic rings. The fraction of sp³-hybridized carbons (Fsp3) is 0. The Bertz CT molecular complexity index is 627. The van der Waals surface area contributed by atoms with Crippen LogP contribution in [0.2, 0.25) is 5.02 Å². The second-order valence-electron chi connectivity index (χ2n) is 4.19. The number of nitrogens with zero attached hydrogens (tertiary/aromatic N) is 1. The summed E-state index contributed by atoms with van der Waals surface area (Å²) in [6.45, 7) is 0. The lowest BCUT2D eigenvalue weighted by atomic mass is 10.1. The Morgan fingerprint density at radius 3 is 2.21 bits per heavy atom. The van der Waals surface area contributed by atoms with Gasteiger partial charge >= 0.3 is 0 Å². The summed E-state index contributed by atoms with van der Waals surface area (Å²) in [5.41, 5.74) is 2.77. The molecular formula is C15H11ClN2O. The van der Waals surface area contributed by atoms with Crippen molar-refractivity contribution in [3.05, 3.63) is 59.8 Å². The topological polar surface area (TPSA) is 48.9 Å². The zero-order chi connectivity index (χ0) is 13.2. The summed E-state index contributed by atoms with van der Waals surface area (Å²) < 4.78 is 0. The number of rotatable bonds is 2. The van der Waals surface area contributed by atoms with Gasteiger partial charge in [-0.15, -0.1) is 0 Å². The molecule has 4 heteroatoms. The number of nitrogens with one attached hydrogen (secondary N) is 1. The molecule has 1 aromatic heterocycles. The van der Waals surface area contributed by atoms with Crippen molar-refractivity contribution in [1.29, 1.82) is 0 Å². The van der Waals surface area contributed by atoms with Crippen molar-refractivity contribution in [2.45, 2.75) is 0 Å². The maximum atomic E-state index is 9.27. The summed E-state index contributed by atoms with van der Waals surface area (Å²) in [4.78, 5) is 7.67. The largest absolute Gasteiger partial charge is 0.508 e. The fourth-order valence-electron chi connectivity index (χ4n) is 1.86. The highest BCUT2D eigenvalue weighted by Crippen LogP contribution is 2.24. The molecule has 0 unspecified atom stereocenters. The van der Waals surface area contributed by atoms with Crippen LogP contribution in [0, 0.1) is 0 Å². The van der Waals surface area contributed by atoms with Crippen LogP contribution in [-0.4, -0.2) is 15.1 Å². The van der Waals surface area contributed by atoms with E-state index in [4.69, 9.17) is 11.6 Å².